The molecule has 2 aliphatic heterocycles. The smallest absolute Gasteiger partial charge is 0.234 e. The number of benzene rings is 2. The quantitative estimate of drug-likeness (QED) is 0.346. The molecule has 2 aliphatic rings. The molecule has 9 heteroatoms. The van der Waals surface area contributed by atoms with Crippen molar-refractivity contribution in [3.8, 4) is 0 Å². The van der Waals surface area contributed by atoms with Crippen LogP contribution in [-0.4, -0.2) is 34.0 Å². The molecule has 5 rings (SSSR count). The van der Waals surface area contributed by atoms with E-state index in [1.165, 1.54) is 5.56 Å². The minimum atomic E-state index is -0.596. The van der Waals surface area contributed by atoms with Crippen LogP contribution in [0.1, 0.15) is 54.9 Å². The van der Waals surface area contributed by atoms with Gasteiger partial charge in [0.05, 0.1) is 11.6 Å². The number of hydrogen-bond acceptors (Lipinski definition) is 7. The molecule has 0 atom stereocenters. The van der Waals surface area contributed by atoms with Gasteiger partial charge in [-0.15, -0.1) is 0 Å². The van der Waals surface area contributed by atoms with Gasteiger partial charge in [-0.2, -0.15) is 4.98 Å². The minimum Gasteiger partial charge on any atom is -0.365 e. The fraction of sp³-hybridized carbons (Fsp3) is 0.370. The summed E-state index contributed by atoms with van der Waals surface area (Å²) in [6.07, 6.45) is 3.74. The zero-order valence-corrected chi connectivity index (χ0v) is 21.6. The van der Waals surface area contributed by atoms with E-state index in [1.54, 1.807) is 6.20 Å². The lowest BCUT2D eigenvalue weighted by Gasteiger charge is -2.29. The maximum absolute atomic E-state index is 12.4. The summed E-state index contributed by atoms with van der Waals surface area (Å²) in [5, 5.41) is 12.0. The van der Waals surface area contributed by atoms with E-state index in [9.17, 15) is 4.79 Å². The second-order valence-corrected chi connectivity index (χ2v) is 10.6. The summed E-state index contributed by atoms with van der Waals surface area (Å²) in [6.45, 7) is 8.29. The number of aryl methyl sites for hydroxylation is 1. The van der Waals surface area contributed by atoms with E-state index >= 15 is 0 Å². The maximum atomic E-state index is 12.4. The number of fused-ring (bicyclic) bond motifs is 1. The summed E-state index contributed by atoms with van der Waals surface area (Å²) in [7, 11) is 0. The van der Waals surface area contributed by atoms with E-state index in [0.29, 0.717) is 29.3 Å². The first-order valence-electron chi connectivity index (χ1n) is 12.3. The van der Waals surface area contributed by atoms with Crippen LogP contribution in [0.5, 0.6) is 0 Å². The Labute approximate surface area is 216 Å². The van der Waals surface area contributed by atoms with Crippen LogP contribution in [0.25, 0.3) is 0 Å². The number of hydrogen-bond donors (Lipinski definition) is 4. The van der Waals surface area contributed by atoms with E-state index < -0.39 is 5.41 Å². The van der Waals surface area contributed by atoms with Crippen LogP contribution >= 0.6 is 11.6 Å². The fourth-order valence-electron chi connectivity index (χ4n) is 5.15. The first-order chi connectivity index (χ1) is 17.2. The molecule has 0 unspecified atom stereocenters. The number of halogens is 1. The lowest BCUT2D eigenvalue weighted by molar-refractivity contribution is -0.119. The van der Waals surface area contributed by atoms with Crippen molar-refractivity contribution >= 4 is 40.6 Å². The van der Waals surface area contributed by atoms with Crippen molar-refractivity contribution in [3.63, 3.8) is 0 Å². The van der Waals surface area contributed by atoms with Crippen molar-refractivity contribution in [2.45, 2.75) is 51.5 Å². The van der Waals surface area contributed by atoms with Crippen LogP contribution < -0.4 is 21.8 Å². The predicted molar refractivity (Wildman–Crippen MR) is 145 cm³/mol. The Morgan fingerprint density at radius 2 is 2.00 bits per heavy atom. The second kappa shape index (κ2) is 9.69. The number of anilines is 4. The zero-order chi connectivity index (χ0) is 25.4. The molecule has 8 nitrogen and oxygen atoms in total. The standard InChI is InChI=1S/C27H32ClN7O/c1-16-13-18(17-9-11-35(29)12-10-17)7-8-21(16)33-26-31-15-20(28)24(34-26)30-14-19-5-4-6-22-23(19)27(2,3)25(36)32-22/h4-8,13,15,17H,9-12,14,29H2,1-3H3,(H,32,36)(H2,30,31,33,34). The molecule has 0 bridgehead atoms. The van der Waals surface area contributed by atoms with Crippen LogP contribution in [0.15, 0.2) is 42.6 Å². The highest BCUT2D eigenvalue weighted by atomic mass is 35.5. The summed E-state index contributed by atoms with van der Waals surface area (Å²) in [5.41, 5.74) is 5.71. The number of hydrazine groups is 1. The molecule has 1 aromatic heterocycles. The number of rotatable bonds is 6. The Balaban J connectivity index is 1.30. The van der Waals surface area contributed by atoms with Crippen LogP contribution in [0.3, 0.4) is 0 Å². The summed E-state index contributed by atoms with van der Waals surface area (Å²) >= 11 is 6.42. The molecule has 0 radical (unpaired) electrons. The van der Waals surface area contributed by atoms with Crippen LogP contribution in [0.2, 0.25) is 5.02 Å². The van der Waals surface area contributed by atoms with E-state index in [2.05, 4.69) is 51.0 Å². The predicted octanol–water partition coefficient (Wildman–Crippen LogP) is 5.08. The monoisotopic (exact) mass is 505 g/mol. The molecular weight excluding hydrogens is 474 g/mol. The van der Waals surface area contributed by atoms with Gasteiger partial charge in [-0.25, -0.2) is 9.99 Å². The highest BCUT2D eigenvalue weighted by Gasteiger charge is 2.39. The number of nitrogens with zero attached hydrogens (tertiary/aromatic N) is 3. The van der Waals surface area contributed by atoms with Gasteiger partial charge in [-0.1, -0.05) is 35.9 Å². The molecule has 1 saturated heterocycles. The van der Waals surface area contributed by atoms with Crippen molar-refractivity contribution in [1.29, 1.82) is 0 Å². The molecule has 1 fully saturated rings. The molecule has 3 aromatic rings. The van der Waals surface area contributed by atoms with Gasteiger partial charge < -0.3 is 16.0 Å². The highest BCUT2D eigenvalue weighted by molar-refractivity contribution is 6.32. The molecule has 5 N–H and O–H groups in total. The molecule has 188 valence electrons. The number of nitrogens with one attached hydrogen (secondary N) is 3. The number of piperidine rings is 1. The molecule has 1 amide bonds. The van der Waals surface area contributed by atoms with Gasteiger partial charge in [0.1, 0.15) is 5.02 Å². The summed E-state index contributed by atoms with van der Waals surface area (Å²) in [6, 6.07) is 12.4. The number of nitrogens with two attached hydrogens (primary N) is 1. The SMILES string of the molecule is Cc1cc(C2CCN(N)CC2)ccc1Nc1ncc(Cl)c(NCc2cccc3c2C(C)(C)C(=O)N3)n1. The first-order valence-corrected chi connectivity index (χ1v) is 12.7. The Hall–Kier alpha value is -3.20. The van der Waals surface area contributed by atoms with Crippen molar-refractivity contribution in [3.05, 3.63) is 69.9 Å². The van der Waals surface area contributed by atoms with Gasteiger partial charge in [-0.05, 0) is 73.9 Å². The van der Waals surface area contributed by atoms with Gasteiger partial charge in [0.15, 0.2) is 5.82 Å². The van der Waals surface area contributed by atoms with Crippen molar-refractivity contribution in [1.82, 2.24) is 15.0 Å². The molecule has 0 aliphatic carbocycles. The zero-order valence-electron chi connectivity index (χ0n) is 20.9. The number of carbonyl (C=O) groups is 1. The molecule has 2 aromatic carbocycles. The number of amides is 1. The van der Waals surface area contributed by atoms with E-state index in [4.69, 9.17) is 17.4 Å². The van der Waals surface area contributed by atoms with Crippen LogP contribution in [0.4, 0.5) is 23.1 Å². The first kappa shape index (κ1) is 24.5. The van der Waals surface area contributed by atoms with Gasteiger partial charge in [0.2, 0.25) is 11.9 Å². The normalized spacial score (nSPS) is 17.5. The number of carbonyl (C=O) groups excluding carboxylic acids is 1. The summed E-state index contributed by atoms with van der Waals surface area (Å²) in [4.78, 5) is 21.4. The van der Waals surface area contributed by atoms with Crippen molar-refractivity contribution < 1.29 is 4.79 Å². The van der Waals surface area contributed by atoms with Gasteiger partial charge in [0.25, 0.3) is 0 Å². The third-order valence-electron chi connectivity index (χ3n) is 7.28. The lowest BCUT2D eigenvalue weighted by Crippen LogP contribution is -2.38. The average molecular weight is 506 g/mol. The largest absolute Gasteiger partial charge is 0.365 e. The topological polar surface area (TPSA) is 108 Å². The van der Waals surface area contributed by atoms with Crippen molar-refractivity contribution in [2.24, 2.45) is 5.84 Å². The van der Waals surface area contributed by atoms with Gasteiger partial charge in [0, 0.05) is 31.0 Å². The van der Waals surface area contributed by atoms with Crippen molar-refractivity contribution in [2.75, 3.05) is 29.0 Å². The summed E-state index contributed by atoms with van der Waals surface area (Å²) in [5.74, 6) is 7.45. The van der Waals surface area contributed by atoms with Crippen LogP contribution in [0, 0.1) is 6.92 Å². The molecule has 0 saturated carbocycles. The van der Waals surface area contributed by atoms with Gasteiger partial charge >= 0.3 is 0 Å². The third-order valence-corrected chi connectivity index (χ3v) is 7.56. The fourth-order valence-corrected chi connectivity index (χ4v) is 5.30. The molecule has 3 heterocycles. The van der Waals surface area contributed by atoms with E-state index in [-0.39, 0.29) is 5.91 Å². The molecular formula is C27H32ClN7O. The third kappa shape index (κ3) is 4.76. The van der Waals surface area contributed by atoms with Gasteiger partial charge in [-0.3, -0.25) is 10.6 Å². The Morgan fingerprint density at radius 3 is 2.75 bits per heavy atom. The highest BCUT2D eigenvalue weighted by Crippen LogP contribution is 2.40. The lowest BCUT2D eigenvalue weighted by atomic mass is 9.83. The minimum absolute atomic E-state index is 0.00253. The Bertz CT molecular complexity index is 1300. The maximum Gasteiger partial charge on any atom is 0.234 e. The number of aromatic nitrogens is 2. The van der Waals surface area contributed by atoms with E-state index in [0.717, 1.165) is 54.0 Å². The van der Waals surface area contributed by atoms with Crippen LogP contribution in [-0.2, 0) is 16.8 Å². The molecule has 36 heavy (non-hydrogen) atoms. The molecule has 0 spiro atoms. The summed E-state index contributed by atoms with van der Waals surface area (Å²) < 4.78 is 0. The average Bonchev–Trinajstić information content (AvgIpc) is 3.09. The van der Waals surface area contributed by atoms with E-state index in [1.807, 2.05) is 37.1 Å². The second-order valence-electron chi connectivity index (χ2n) is 10.2. The Kier molecular flexibility index (Phi) is 6.59. The Morgan fingerprint density at radius 1 is 1.22 bits per heavy atom.